The van der Waals surface area contributed by atoms with Crippen molar-refractivity contribution in [3.05, 3.63) is 42.5 Å². The molecule has 0 aliphatic rings. The highest BCUT2D eigenvalue weighted by Crippen LogP contribution is 2.30. The monoisotopic (exact) mass is 287 g/mol. The van der Waals surface area contributed by atoms with E-state index in [0.29, 0.717) is 29.5 Å². The van der Waals surface area contributed by atoms with Crippen LogP contribution in [-0.2, 0) is 0 Å². The number of rotatable bonds is 6. The third-order valence-corrected chi connectivity index (χ3v) is 2.63. The van der Waals surface area contributed by atoms with Crippen molar-refractivity contribution >= 4 is 5.69 Å². The van der Waals surface area contributed by atoms with Gasteiger partial charge in [0.25, 0.3) is 0 Å². The van der Waals surface area contributed by atoms with Gasteiger partial charge in [0.1, 0.15) is 23.0 Å². The van der Waals surface area contributed by atoms with Crippen molar-refractivity contribution in [3.63, 3.8) is 0 Å². The van der Waals surface area contributed by atoms with Crippen LogP contribution in [0.3, 0.4) is 0 Å². The summed E-state index contributed by atoms with van der Waals surface area (Å²) in [4.78, 5) is 0. The molecule has 2 aromatic carbocycles. The SMILES string of the molecule is CCOc1cccc(Oc2cc(N)cc(OC(C)C)c2)c1. The van der Waals surface area contributed by atoms with Crippen LogP contribution in [0.1, 0.15) is 20.8 Å². The highest BCUT2D eigenvalue weighted by molar-refractivity contribution is 5.51. The Labute approximate surface area is 125 Å². The van der Waals surface area contributed by atoms with Crippen LogP contribution in [-0.4, -0.2) is 12.7 Å². The molecular formula is C17H21NO3. The second kappa shape index (κ2) is 6.88. The lowest BCUT2D eigenvalue weighted by Gasteiger charge is -2.13. The van der Waals surface area contributed by atoms with Gasteiger partial charge in [0.05, 0.1) is 12.7 Å². The van der Waals surface area contributed by atoms with Gasteiger partial charge >= 0.3 is 0 Å². The Balaban J connectivity index is 2.18. The van der Waals surface area contributed by atoms with E-state index in [1.807, 2.05) is 51.1 Å². The van der Waals surface area contributed by atoms with Crippen molar-refractivity contribution < 1.29 is 14.2 Å². The summed E-state index contributed by atoms with van der Waals surface area (Å²) in [6.07, 6.45) is 0.0842. The van der Waals surface area contributed by atoms with Crippen LogP contribution < -0.4 is 19.9 Å². The summed E-state index contributed by atoms with van der Waals surface area (Å²) in [5, 5.41) is 0. The van der Waals surface area contributed by atoms with Crippen LogP contribution in [0.4, 0.5) is 5.69 Å². The largest absolute Gasteiger partial charge is 0.494 e. The number of hydrogen-bond donors (Lipinski definition) is 1. The molecule has 4 heteroatoms. The highest BCUT2D eigenvalue weighted by Gasteiger charge is 2.05. The molecule has 0 aliphatic carbocycles. The quantitative estimate of drug-likeness (QED) is 0.807. The van der Waals surface area contributed by atoms with Gasteiger partial charge in [-0.05, 0) is 32.9 Å². The summed E-state index contributed by atoms with van der Waals surface area (Å²) in [5.74, 6) is 2.81. The minimum absolute atomic E-state index is 0.0842. The van der Waals surface area contributed by atoms with Crippen molar-refractivity contribution in [1.29, 1.82) is 0 Å². The second-order valence-corrected chi connectivity index (χ2v) is 4.91. The highest BCUT2D eigenvalue weighted by atomic mass is 16.5. The predicted molar refractivity (Wildman–Crippen MR) is 84.3 cm³/mol. The third-order valence-electron chi connectivity index (χ3n) is 2.63. The third kappa shape index (κ3) is 4.60. The van der Waals surface area contributed by atoms with Crippen LogP contribution in [0.25, 0.3) is 0 Å². The molecule has 0 heterocycles. The summed E-state index contributed by atoms with van der Waals surface area (Å²) in [7, 11) is 0. The standard InChI is InChI=1S/C17H21NO3/c1-4-19-14-6-5-7-15(10-14)21-17-9-13(18)8-16(11-17)20-12(2)3/h5-12H,4,18H2,1-3H3. The number of hydrogen-bond acceptors (Lipinski definition) is 4. The van der Waals surface area contributed by atoms with E-state index >= 15 is 0 Å². The average molecular weight is 287 g/mol. The summed E-state index contributed by atoms with van der Waals surface area (Å²) < 4.78 is 16.9. The molecule has 0 aromatic heterocycles. The summed E-state index contributed by atoms with van der Waals surface area (Å²) >= 11 is 0. The Bertz CT molecular complexity index is 596. The van der Waals surface area contributed by atoms with Crippen LogP contribution >= 0.6 is 0 Å². The molecule has 2 N–H and O–H groups in total. The van der Waals surface area contributed by atoms with Gasteiger partial charge in [-0.2, -0.15) is 0 Å². The molecule has 0 fully saturated rings. The summed E-state index contributed by atoms with van der Waals surface area (Å²) in [5.41, 5.74) is 6.48. The van der Waals surface area contributed by atoms with E-state index in [0.717, 1.165) is 5.75 Å². The molecule has 0 saturated carbocycles. The van der Waals surface area contributed by atoms with Crippen molar-refractivity contribution in [2.24, 2.45) is 0 Å². The number of nitrogen functional groups attached to an aromatic ring is 1. The van der Waals surface area contributed by atoms with Crippen molar-refractivity contribution in [2.75, 3.05) is 12.3 Å². The Kier molecular flexibility index (Phi) is 4.93. The minimum Gasteiger partial charge on any atom is -0.494 e. The lowest BCUT2D eigenvalue weighted by atomic mass is 10.2. The van der Waals surface area contributed by atoms with Crippen LogP contribution in [0.15, 0.2) is 42.5 Å². The Morgan fingerprint density at radius 1 is 0.952 bits per heavy atom. The number of ether oxygens (including phenoxy) is 3. The molecule has 0 atom stereocenters. The molecular weight excluding hydrogens is 266 g/mol. The van der Waals surface area contributed by atoms with Gasteiger partial charge in [-0.15, -0.1) is 0 Å². The molecule has 112 valence electrons. The Morgan fingerprint density at radius 2 is 1.62 bits per heavy atom. The normalized spacial score (nSPS) is 10.5. The molecule has 0 spiro atoms. The molecule has 4 nitrogen and oxygen atoms in total. The lowest BCUT2D eigenvalue weighted by molar-refractivity contribution is 0.242. The number of benzene rings is 2. The van der Waals surface area contributed by atoms with E-state index < -0.39 is 0 Å². The zero-order valence-electron chi connectivity index (χ0n) is 12.6. The maximum Gasteiger partial charge on any atom is 0.133 e. The van der Waals surface area contributed by atoms with E-state index in [2.05, 4.69) is 0 Å². The fourth-order valence-electron chi connectivity index (χ4n) is 1.92. The van der Waals surface area contributed by atoms with Gasteiger partial charge in [-0.1, -0.05) is 6.07 Å². The summed E-state index contributed by atoms with van der Waals surface area (Å²) in [6, 6.07) is 12.9. The van der Waals surface area contributed by atoms with Gasteiger partial charge in [0, 0.05) is 30.0 Å². The Morgan fingerprint density at radius 3 is 2.33 bits per heavy atom. The molecule has 2 rings (SSSR count). The number of nitrogens with two attached hydrogens (primary N) is 1. The maximum atomic E-state index is 5.88. The fourth-order valence-corrected chi connectivity index (χ4v) is 1.92. The second-order valence-electron chi connectivity index (χ2n) is 4.91. The first-order valence-corrected chi connectivity index (χ1v) is 7.04. The van der Waals surface area contributed by atoms with E-state index in [1.165, 1.54) is 0 Å². The molecule has 0 saturated heterocycles. The van der Waals surface area contributed by atoms with Gasteiger partial charge in [0.2, 0.25) is 0 Å². The van der Waals surface area contributed by atoms with Gasteiger partial charge < -0.3 is 19.9 Å². The molecule has 0 bridgehead atoms. The van der Waals surface area contributed by atoms with Crippen LogP contribution in [0, 0.1) is 0 Å². The fraction of sp³-hybridized carbons (Fsp3) is 0.294. The number of anilines is 1. The lowest BCUT2D eigenvalue weighted by Crippen LogP contribution is -2.05. The van der Waals surface area contributed by atoms with Crippen LogP contribution in [0.2, 0.25) is 0 Å². The first-order chi connectivity index (χ1) is 10.1. The van der Waals surface area contributed by atoms with Crippen molar-refractivity contribution in [3.8, 4) is 23.0 Å². The predicted octanol–water partition coefficient (Wildman–Crippen LogP) is 4.25. The molecule has 0 amide bonds. The van der Waals surface area contributed by atoms with E-state index in [1.54, 1.807) is 12.1 Å². The van der Waals surface area contributed by atoms with E-state index in [4.69, 9.17) is 19.9 Å². The minimum atomic E-state index is 0.0842. The van der Waals surface area contributed by atoms with Crippen LogP contribution in [0.5, 0.6) is 23.0 Å². The van der Waals surface area contributed by atoms with E-state index in [-0.39, 0.29) is 6.10 Å². The smallest absolute Gasteiger partial charge is 0.133 e. The molecule has 0 aliphatic heterocycles. The van der Waals surface area contributed by atoms with Gasteiger partial charge in [0.15, 0.2) is 0 Å². The topological polar surface area (TPSA) is 53.7 Å². The zero-order valence-corrected chi connectivity index (χ0v) is 12.6. The molecule has 0 unspecified atom stereocenters. The van der Waals surface area contributed by atoms with Gasteiger partial charge in [-0.3, -0.25) is 0 Å². The zero-order chi connectivity index (χ0) is 15.2. The van der Waals surface area contributed by atoms with Crippen molar-refractivity contribution in [2.45, 2.75) is 26.9 Å². The molecule has 2 aromatic rings. The maximum absolute atomic E-state index is 5.88. The molecule has 0 radical (unpaired) electrons. The first-order valence-electron chi connectivity index (χ1n) is 7.04. The Hall–Kier alpha value is -2.36. The average Bonchev–Trinajstić information content (AvgIpc) is 2.37. The first kappa shape index (κ1) is 15.0. The van der Waals surface area contributed by atoms with Crippen molar-refractivity contribution in [1.82, 2.24) is 0 Å². The summed E-state index contributed by atoms with van der Waals surface area (Å²) in [6.45, 7) is 6.50. The van der Waals surface area contributed by atoms with E-state index in [9.17, 15) is 0 Å². The molecule has 21 heavy (non-hydrogen) atoms. The van der Waals surface area contributed by atoms with Gasteiger partial charge in [-0.25, -0.2) is 0 Å².